The van der Waals surface area contributed by atoms with Gasteiger partial charge in [-0.1, -0.05) is 42.0 Å². The molecule has 1 amide bonds. The van der Waals surface area contributed by atoms with Gasteiger partial charge in [-0.25, -0.2) is 0 Å². The van der Waals surface area contributed by atoms with E-state index in [2.05, 4.69) is 11.4 Å². The standard InChI is InChI=1S/C22H21NO3S/c1-15-9-10-19(26-2)16(14-15)11-12-23-22(25)18-7-4-3-6-17(18)21(24)20-8-5-13-27-20/h3-10,13-14H,11-12H2,1-2H3,(H,23,25). The third-order valence-corrected chi connectivity index (χ3v) is 5.15. The van der Waals surface area contributed by atoms with E-state index in [1.807, 2.05) is 30.5 Å². The summed E-state index contributed by atoms with van der Waals surface area (Å²) in [5, 5.41) is 4.77. The average Bonchev–Trinajstić information content (AvgIpc) is 3.22. The highest BCUT2D eigenvalue weighted by molar-refractivity contribution is 7.12. The normalized spacial score (nSPS) is 10.4. The summed E-state index contributed by atoms with van der Waals surface area (Å²) in [7, 11) is 1.64. The van der Waals surface area contributed by atoms with Crippen LogP contribution in [0.1, 0.15) is 36.7 Å². The summed E-state index contributed by atoms with van der Waals surface area (Å²) in [6.07, 6.45) is 0.650. The number of hydrogen-bond acceptors (Lipinski definition) is 4. The molecule has 0 radical (unpaired) electrons. The van der Waals surface area contributed by atoms with Crippen LogP contribution in [0.15, 0.2) is 60.0 Å². The zero-order valence-electron chi connectivity index (χ0n) is 15.3. The lowest BCUT2D eigenvalue weighted by Crippen LogP contribution is -2.27. The molecular weight excluding hydrogens is 358 g/mol. The van der Waals surface area contributed by atoms with E-state index in [0.717, 1.165) is 16.9 Å². The topological polar surface area (TPSA) is 55.4 Å². The van der Waals surface area contributed by atoms with Gasteiger partial charge in [0.05, 0.1) is 17.6 Å². The van der Waals surface area contributed by atoms with Crippen LogP contribution in [-0.2, 0) is 6.42 Å². The van der Waals surface area contributed by atoms with Crippen molar-refractivity contribution in [3.63, 3.8) is 0 Å². The SMILES string of the molecule is COc1ccc(C)cc1CCNC(=O)c1ccccc1C(=O)c1cccs1. The minimum atomic E-state index is -0.248. The molecule has 1 aromatic heterocycles. The molecule has 27 heavy (non-hydrogen) atoms. The summed E-state index contributed by atoms with van der Waals surface area (Å²) in [5.41, 5.74) is 3.00. The maximum Gasteiger partial charge on any atom is 0.252 e. The van der Waals surface area contributed by atoms with Gasteiger partial charge in [-0.2, -0.15) is 0 Å². The lowest BCUT2D eigenvalue weighted by molar-refractivity contribution is 0.0943. The van der Waals surface area contributed by atoms with Gasteiger partial charge in [-0.3, -0.25) is 9.59 Å². The average molecular weight is 379 g/mol. The molecule has 2 aromatic carbocycles. The van der Waals surface area contributed by atoms with Crippen molar-refractivity contribution < 1.29 is 14.3 Å². The minimum absolute atomic E-state index is 0.129. The van der Waals surface area contributed by atoms with Crippen LogP contribution in [0, 0.1) is 6.92 Å². The number of carbonyl (C=O) groups excluding carboxylic acids is 2. The van der Waals surface area contributed by atoms with Gasteiger partial charge in [0.25, 0.3) is 5.91 Å². The molecule has 4 nitrogen and oxygen atoms in total. The molecule has 3 aromatic rings. The van der Waals surface area contributed by atoms with Gasteiger partial charge in [-0.15, -0.1) is 11.3 Å². The largest absolute Gasteiger partial charge is 0.496 e. The molecule has 0 saturated heterocycles. The Bertz CT molecular complexity index is 948. The maximum absolute atomic E-state index is 12.7. The van der Waals surface area contributed by atoms with Crippen molar-refractivity contribution in [1.82, 2.24) is 5.32 Å². The monoisotopic (exact) mass is 379 g/mol. The van der Waals surface area contributed by atoms with Crippen LogP contribution in [0.25, 0.3) is 0 Å². The van der Waals surface area contributed by atoms with Crippen LogP contribution in [0.4, 0.5) is 0 Å². The molecule has 1 heterocycles. The number of aryl methyl sites for hydroxylation is 1. The summed E-state index contributed by atoms with van der Waals surface area (Å²) in [5.74, 6) is 0.432. The highest BCUT2D eigenvalue weighted by atomic mass is 32.1. The number of ether oxygens (including phenoxy) is 1. The van der Waals surface area contributed by atoms with Gasteiger partial charge < -0.3 is 10.1 Å². The lowest BCUT2D eigenvalue weighted by Gasteiger charge is -2.11. The Balaban J connectivity index is 1.71. The minimum Gasteiger partial charge on any atom is -0.496 e. The fourth-order valence-corrected chi connectivity index (χ4v) is 3.61. The number of methoxy groups -OCH3 is 1. The van der Waals surface area contributed by atoms with Gasteiger partial charge in [0.2, 0.25) is 5.78 Å². The number of benzene rings is 2. The lowest BCUT2D eigenvalue weighted by atomic mass is 10.0. The first-order chi connectivity index (χ1) is 13.1. The predicted molar refractivity (Wildman–Crippen MR) is 108 cm³/mol. The number of nitrogens with one attached hydrogen (secondary N) is 1. The van der Waals surface area contributed by atoms with Crippen LogP contribution < -0.4 is 10.1 Å². The van der Waals surface area contributed by atoms with Gasteiger partial charge in [-0.05, 0) is 42.5 Å². The second-order valence-corrected chi connectivity index (χ2v) is 7.12. The molecule has 0 bridgehead atoms. The molecule has 0 aliphatic carbocycles. The first kappa shape index (κ1) is 18.9. The molecule has 1 N–H and O–H groups in total. The van der Waals surface area contributed by atoms with E-state index < -0.39 is 0 Å². The number of carbonyl (C=O) groups is 2. The van der Waals surface area contributed by atoms with E-state index in [4.69, 9.17) is 4.74 Å². The van der Waals surface area contributed by atoms with Crippen LogP contribution in [-0.4, -0.2) is 25.3 Å². The fourth-order valence-electron chi connectivity index (χ4n) is 2.93. The number of hydrogen-bond donors (Lipinski definition) is 1. The van der Waals surface area contributed by atoms with E-state index in [-0.39, 0.29) is 11.7 Å². The van der Waals surface area contributed by atoms with Crippen molar-refractivity contribution in [3.8, 4) is 5.75 Å². The zero-order chi connectivity index (χ0) is 19.2. The van der Waals surface area contributed by atoms with E-state index in [1.54, 1.807) is 37.4 Å². The Morgan fingerprint density at radius 1 is 1.04 bits per heavy atom. The molecule has 0 unspecified atom stereocenters. The van der Waals surface area contributed by atoms with E-state index in [0.29, 0.717) is 29.0 Å². The smallest absolute Gasteiger partial charge is 0.252 e. The first-order valence-corrected chi connectivity index (χ1v) is 9.57. The number of ketones is 1. The Kier molecular flexibility index (Phi) is 6.04. The highest BCUT2D eigenvalue weighted by Crippen LogP contribution is 2.20. The van der Waals surface area contributed by atoms with E-state index >= 15 is 0 Å². The zero-order valence-corrected chi connectivity index (χ0v) is 16.1. The third kappa shape index (κ3) is 4.44. The van der Waals surface area contributed by atoms with Gasteiger partial charge in [0, 0.05) is 12.1 Å². The quantitative estimate of drug-likeness (QED) is 0.624. The molecular formula is C22H21NO3S. The summed E-state index contributed by atoms with van der Waals surface area (Å²) in [6.45, 7) is 2.48. The van der Waals surface area contributed by atoms with Gasteiger partial charge in [0.15, 0.2) is 0 Å². The fraction of sp³-hybridized carbons (Fsp3) is 0.182. The number of amides is 1. The molecule has 0 aliphatic heterocycles. The summed E-state index contributed by atoms with van der Waals surface area (Å²) in [4.78, 5) is 25.9. The van der Waals surface area contributed by atoms with Crippen molar-refractivity contribution in [3.05, 3.63) is 87.1 Å². The van der Waals surface area contributed by atoms with E-state index in [9.17, 15) is 9.59 Å². The summed E-state index contributed by atoms with van der Waals surface area (Å²) >= 11 is 1.37. The Labute approximate surface area is 162 Å². The molecule has 0 aliphatic rings. The molecule has 5 heteroatoms. The Morgan fingerprint density at radius 3 is 2.52 bits per heavy atom. The van der Waals surface area contributed by atoms with Crippen molar-refractivity contribution in [2.45, 2.75) is 13.3 Å². The van der Waals surface area contributed by atoms with Crippen molar-refractivity contribution in [2.75, 3.05) is 13.7 Å². The predicted octanol–water partition coefficient (Wildman–Crippen LogP) is 4.27. The summed E-state index contributed by atoms with van der Waals surface area (Å²) in [6, 6.07) is 16.5. The molecule has 138 valence electrons. The third-order valence-electron chi connectivity index (χ3n) is 4.28. The van der Waals surface area contributed by atoms with Crippen LogP contribution in [0.3, 0.4) is 0 Å². The Morgan fingerprint density at radius 2 is 1.81 bits per heavy atom. The van der Waals surface area contributed by atoms with Crippen molar-refractivity contribution >= 4 is 23.0 Å². The molecule has 0 saturated carbocycles. The molecule has 3 rings (SSSR count). The van der Waals surface area contributed by atoms with Crippen molar-refractivity contribution in [1.29, 1.82) is 0 Å². The van der Waals surface area contributed by atoms with Crippen molar-refractivity contribution in [2.24, 2.45) is 0 Å². The van der Waals surface area contributed by atoms with Crippen LogP contribution in [0.5, 0.6) is 5.75 Å². The maximum atomic E-state index is 12.7. The van der Waals surface area contributed by atoms with Gasteiger partial charge in [0.1, 0.15) is 5.75 Å². The molecule has 0 fully saturated rings. The Hall–Kier alpha value is -2.92. The highest BCUT2D eigenvalue weighted by Gasteiger charge is 2.18. The second-order valence-electron chi connectivity index (χ2n) is 6.17. The number of thiophene rings is 1. The van der Waals surface area contributed by atoms with E-state index in [1.165, 1.54) is 11.3 Å². The van der Waals surface area contributed by atoms with Crippen LogP contribution >= 0.6 is 11.3 Å². The van der Waals surface area contributed by atoms with Crippen LogP contribution in [0.2, 0.25) is 0 Å². The van der Waals surface area contributed by atoms with Gasteiger partial charge >= 0.3 is 0 Å². The summed E-state index contributed by atoms with van der Waals surface area (Å²) < 4.78 is 5.38. The molecule has 0 spiro atoms. The first-order valence-electron chi connectivity index (χ1n) is 8.69. The molecule has 0 atom stereocenters. The number of rotatable bonds is 7. The second kappa shape index (κ2) is 8.64.